The molecule has 2 aromatic carbocycles. The van der Waals surface area contributed by atoms with Crippen LogP contribution in [0.25, 0.3) is 0 Å². The molecule has 5 nitrogen and oxygen atoms in total. The van der Waals surface area contributed by atoms with E-state index in [1.165, 1.54) is 17.3 Å². The fourth-order valence-corrected chi connectivity index (χ4v) is 3.46. The van der Waals surface area contributed by atoms with E-state index in [0.717, 1.165) is 18.4 Å². The molecule has 0 saturated heterocycles. The summed E-state index contributed by atoms with van der Waals surface area (Å²) >= 11 is 1.39. The summed E-state index contributed by atoms with van der Waals surface area (Å²) in [6.07, 6.45) is 1.14. The molecule has 150 valence electrons. The molecule has 2 amide bonds. The van der Waals surface area contributed by atoms with Gasteiger partial charge in [0, 0.05) is 11.8 Å². The molecule has 0 aliphatic rings. The smallest absolute Gasteiger partial charge is 0.408 e. The first-order valence-electron chi connectivity index (χ1n) is 9.49. The highest BCUT2D eigenvalue weighted by atomic mass is 32.2. The third-order valence-electron chi connectivity index (χ3n) is 3.89. The van der Waals surface area contributed by atoms with Gasteiger partial charge in [0.15, 0.2) is 5.37 Å². The monoisotopic (exact) mass is 400 g/mol. The minimum absolute atomic E-state index is 0.171. The van der Waals surface area contributed by atoms with Gasteiger partial charge in [-0.3, -0.25) is 4.79 Å². The number of hydrogen-bond acceptors (Lipinski definition) is 4. The molecule has 2 aromatic rings. The fraction of sp³-hybridized carbons (Fsp3) is 0.364. The Morgan fingerprint density at radius 3 is 2.18 bits per heavy atom. The second-order valence-corrected chi connectivity index (χ2v) is 8.34. The third kappa shape index (κ3) is 8.48. The highest BCUT2D eigenvalue weighted by Gasteiger charge is 2.23. The van der Waals surface area contributed by atoms with Gasteiger partial charge in [0.2, 0.25) is 0 Å². The summed E-state index contributed by atoms with van der Waals surface area (Å²) in [6.45, 7) is 4.70. The first-order valence-corrected chi connectivity index (χ1v) is 10.4. The number of aryl methyl sites for hydroxylation is 1. The Balaban J connectivity index is 1.76. The number of rotatable bonds is 10. The van der Waals surface area contributed by atoms with Crippen LogP contribution in [0.2, 0.25) is 0 Å². The van der Waals surface area contributed by atoms with Gasteiger partial charge in [0.1, 0.15) is 6.61 Å². The molecule has 2 rings (SSSR count). The molecule has 1 unspecified atom stereocenters. The largest absolute Gasteiger partial charge is 0.445 e. The summed E-state index contributed by atoms with van der Waals surface area (Å²) in [5, 5.41) is 5.08. The van der Waals surface area contributed by atoms with Crippen LogP contribution in [-0.4, -0.2) is 29.2 Å². The molecule has 0 aliphatic heterocycles. The number of carbonyl (C=O) groups excluding carboxylic acids is 2. The second kappa shape index (κ2) is 12.1. The van der Waals surface area contributed by atoms with Gasteiger partial charge >= 0.3 is 6.09 Å². The molecule has 0 bridgehead atoms. The van der Waals surface area contributed by atoms with Crippen LogP contribution in [0.1, 0.15) is 31.4 Å². The van der Waals surface area contributed by atoms with Gasteiger partial charge in [-0.05, 0) is 24.0 Å². The molecule has 0 radical (unpaired) electrons. The van der Waals surface area contributed by atoms with Crippen molar-refractivity contribution in [2.45, 2.75) is 43.9 Å². The van der Waals surface area contributed by atoms with Crippen molar-refractivity contribution in [1.29, 1.82) is 0 Å². The van der Waals surface area contributed by atoms with E-state index in [0.29, 0.717) is 6.54 Å². The van der Waals surface area contributed by atoms with E-state index < -0.39 is 11.5 Å². The van der Waals surface area contributed by atoms with Crippen molar-refractivity contribution in [3.8, 4) is 0 Å². The minimum atomic E-state index is -0.681. The summed E-state index contributed by atoms with van der Waals surface area (Å²) in [5.74, 6) is -0.205. The zero-order valence-electron chi connectivity index (χ0n) is 16.4. The Morgan fingerprint density at radius 2 is 1.57 bits per heavy atom. The highest BCUT2D eigenvalue weighted by molar-refractivity contribution is 8.01. The van der Waals surface area contributed by atoms with E-state index in [1.807, 2.05) is 62.4 Å². The van der Waals surface area contributed by atoms with Gasteiger partial charge in [-0.2, -0.15) is 0 Å². The zero-order valence-corrected chi connectivity index (χ0v) is 17.2. The molecule has 1 atom stereocenters. The van der Waals surface area contributed by atoms with Crippen LogP contribution in [0, 0.1) is 0 Å². The summed E-state index contributed by atoms with van der Waals surface area (Å²) in [6, 6.07) is 19.6. The van der Waals surface area contributed by atoms with Gasteiger partial charge in [-0.15, -0.1) is 11.8 Å². The molecule has 2 N–H and O–H groups in total. The van der Waals surface area contributed by atoms with Crippen LogP contribution < -0.4 is 10.6 Å². The Kier molecular flexibility index (Phi) is 9.42. The molecule has 0 saturated carbocycles. The first-order chi connectivity index (χ1) is 13.5. The summed E-state index contributed by atoms with van der Waals surface area (Å²) in [7, 11) is 0. The lowest BCUT2D eigenvalue weighted by Gasteiger charge is -2.19. The Hall–Kier alpha value is -2.47. The topological polar surface area (TPSA) is 67.4 Å². The van der Waals surface area contributed by atoms with Crippen molar-refractivity contribution >= 4 is 23.8 Å². The predicted octanol–water partition coefficient (Wildman–Crippen LogP) is 4.13. The molecule has 0 fully saturated rings. The molecular formula is C22H28N2O3S. The van der Waals surface area contributed by atoms with E-state index in [1.54, 1.807) is 0 Å². The van der Waals surface area contributed by atoms with Crippen LogP contribution in [0.4, 0.5) is 4.79 Å². The standard InChI is InChI=1S/C22H28N2O3S/c1-17(2)28-21(24-22(26)27-16-19-12-7-4-8-13-19)20(25)23-15-9-14-18-10-5-3-6-11-18/h3-8,10-13,17,21H,9,14-16H2,1-2H3,(H,23,25)(H,24,26). The number of hydrogen-bond donors (Lipinski definition) is 2. The van der Waals surface area contributed by atoms with Crippen molar-refractivity contribution in [3.05, 3.63) is 71.8 Å². The van der Waals surface area contributed by atoms with Crippen molar-refractivity contribution in [2.24, 2.45) is 0 Å². The summed E-state index contributed by atoms with van der Waals surface area (Å²) in [5.41, 5.74) is 2.14. The molecule has 28 heavy (non-hydrogen) atoms. The van der Waals surface area contributed by atoms with Gasteiger partial charge in [-0.25, -0.2) is 4.79 Å². The van der Waals surface area contributed by atoms with Gasteiger partial charge in [0.25, 0.3) is 5.91 Å². The quantitative estimate of drug-likeness (QED) is 0.465. The highest BCUT2D eigenvalue weighted by Crippen LogP contribution is 2.16. The molecule has 0 aliphatic carbocycles. The Labute approximate surface area is 171 Å². The summed E-state index contributed by atoms with van der Waals surface area (Å²) in [4.78, 5) is 24.6. The normalized spacial score (nSPS) is 11.7. The summed E-state index contributed by atoms with van der Waals surface area (Å²) < 4.78 is 5.23. The zero-order chi connectivity index (χ0) is 20.2. The minimum Gasteiger partial charge on any atom is -0.445 e. The van der Waals surface area contributed by atoms with E-state index in [-0.39, 0.29) is 17.8 Å². The molecule has 0 spiro atoms. The van der Waals surface area contributed by atoms with Crippen molar-refractivity contribution < 1.29 is 14.3 Å². The lowest BCUT2D eigenvalue weighted by atomic mass is 10.1. The number of amides is 2. The average Bonchev–Trinajstić information content (AvgIpc) is 2.70. The fourth-order valence-electron chi connectivity index (χ4n) is 2.55. The predicted molar refractivity (Wildman–Crippen MR) is 114 cm³/mol. The van der Waals surface area contributed by atoms with Crippen LogP contribution in [0.5, 0.6) is 0 Å². The number of thioether (sulfide) groups is 1. The van der Waals surface area contributed by atoms with Crippen molar-refractivity contribution in [1.82, 2.24) is 10.6 Å². The first kappa shape index (κ1) is 21.8. The Morgan fingerprint density at radius 1 is 0.964 bits per heavy atom. The number of ether oxygens (including phenoxy) is 1. The van der Waals surface area contributed by atoms with E-state index in [9.17, 15) is 9.59 Å². The maximum atomic E-state index is 12.5. The molecule has 0 heterocycles. The van der Waals surface area contributed by atoms with Gasteiger partial charge < -0.3 is 15.4 Å². The lowest BCUT2D eigenvalue weighted by molar-refractivity contribution is -0.121. The van der Waals surface area contributed by atoms with Crippen LogP contribution in [0.3, 0.4) is 0 Å². The second-order valence-electron chi connectivity index (χ2n) is 6.65. The maximum absolute atomic E-state index is 12.5. The van der Waals surface area contributed by atoms with E-state index in [4.69, 9.17) is 4.74 Å². The van der Waals surface area contributed by atoms with Crippen molar-refractivity contribution in [3.63, 3.8) is 0 Å². The molecular weight excluding hydrogens is 372 g/mol. The van der Waals surface area contributed by atoms with Crippen LogP contribution in [0.15, 0.2) is 60.7 Å². The van der Waals surface area contributed by atoms with E-state index >= 15 is 0 Å². The number of benzene rings is 2. The SMILES string of the molecule is CC(C)SC(NC(=O)OCc1ccccc1)C(=O)NCCCc1ccccc1. The lowest BCUT2D eigenvalue weighted by Crippen LogP contribution is -2.45. The Bertz CT molecular complexity index is 723. The molecule has 0 aromatic heterocycles. The molecule has 6 heteroatoms. The van der Waals surface area contributed by atoms with E-state index in [2.05, 4.69) is 22.8 Å². The van der Waals surface area contributed by atoms with Gasteiger partial charge in [-0.1, -0.05) is 74.5 Å². The number of alkyl carbamates (subject to hydrolysis) is 1. The number of carbonyl (C=O) groups is 2. The van der Waals surface area contributed by atoms with Gasteiger partial charge in [0.05, 0.1) is 0 Å². The average molecular weight is 401 g/mol. The third-order valence-corrected chi connectivity index (χ3v) is 5.04. The van der Waals surface area contributed by atoms with Crippen LogP contribution in [-0.2, 0) is 22.6 Å². The maximum Gasteiger partial charge on any atom is 0.408 e. The van der Waals surface area contributed by atoms with Crippen molar-refractivity contribution in [2.75, 3.05) is 6.54 Å². The van der Waals surface area contributed by atoms with Crippen LogP contribution >= 0.6 is 11.8 Å². The number of nitrogens with one attached hydrogen (secondary N) is 2.